The SMILES string of the molecule is Cc1ccc(C[Si](C)(C)CN2CCCCC2)c(F)c1. The van der Waals surface area contributed by atoms with Crippen molar-refractivity contribution in [3.8, 4) is 0 Å². The second-order valence-corrected chi connectivity index (χ2v) is 11.8. The Balaban J connectivity index is 1.99. The van der Waals surface area contributed by atoms with Gasteiger partial charge in [-0.15, -0.1) is 0 Å². The summed E-state index contributed by atoms with van der Waals surface area (Å²) in [5, 5.41) is 0. The van der Waals surface area contributed by atoms with E-state index in [2.05, 4.69) is 18.0 Å². The van der Waals surface area contributed by atoms with Crippen LogP contribution < -0.4 is 0 Å². The summed E-state index contributed by atoms with van der Waals surface area (Å²) in [7, 11) is -1.39. The van der Waals surface area contributed by atoms with E-state index >= 15 is 0 Å². The van der Waals surface area contributed by atoms with Crippen LogP contribution in [0.4, 0.5) is 4.39 Å². The van der Waals surface area contributed by atoms with Crippen LogP contribution in [0.15, 0.2) is 18.2 Å². The Hall–Kier alpha value is -0.673. The van der Waals surface area contributed by atoms with Crippen LogP contribution in [0.2, 0.25) is 13.1 Å². The zero-order valence-corrected chi connectivity index (χ0v) is 13.5. The molecule has 0 bridgehead atoms. The zero-order valence-electron chi connectivity index (χ0n) is 12.5. The van der Waals surface area contributed by atoms with Crippen molar-refractivity contribution in [2.24, 2.45) is 0 Å². The number of benzene rings is 1. The predicted octanol–water partition coefficient (Wildman–Crippen LogP) is 3.95. The third-order valence-electron chi connectivity index (χ3n) is 3.98. The second kappa shape index (κ2) is 6.19. The summed E-state index contributed by atoms with van der Waals surface area (Å²) in [5.74, 6) is -0.0146. The number of halogens is 1. The van der Waals surface area contributed by atoms with Gasteiger partial charge in [-0.05, 0) is 62.3 Å². The molecule has 0 aliphatic carbocycles. The molecule has 0 radical (unpaired) electrons. The molecule has 1 aliphatic heterocycles. The van der Waals surface area contributed by atoms with Gasteiger partial charge in [-0.1, -0.05) is 31.6 Å². The van der Waals surface area contributed by atoms with Crippen molar-refractivity contribution < 1.29 is 4.39 Å². The lowest BCUT2D eigenvalue weighted by molar-refractivity contribution is 0.258. The Kier molecular flexibility index (Phi) is 4.80. The lowest BCUT2D eigenvalue weighted by Gasteiger charge is -2.34. The van der Waals surface area contributed by atoms with E-state index < -0.39 is 8.07 Å². The fourth-order valence-electron chi connectivity index (χ4n) is 3.09. The lowest BCUT2D eigenvalue weighted by Crippen LogP contribution is -2.46. The van der Waals surface area contributed by atoms with Crippen LogP contribution in [0.3, 0.4) is 0 Å². The lowest BCUT2D eigenvalue weighted by atomic mass is 10.1. The minimum Gasteiger partial charge on any atom is -0.306 e. The summed E-state index contributed by atoms with van der Waals surface area (Å²) in [6.45, 7) is 9.21. The molecule has 0 N–H and O–H groups in total. The minimum atomic E-state index is -1.39. The number of hydrogen-bond donors (Lipinski definition) is 0. The van der Waals surface area contributed by atoms with Crippen molar-refractivity contribution in [3.05, 3.63) is 35.1 Å². The molecule has 3 heteroatoms. The van der Waals surface area contributed by atoms with Crippen molar-refractivity contribution in [1.82, 2.24) is 4.90 Å². The minimum absolute atomic E-state index is 0.0146. The molecule has 0 aromatic heterocycles. The maximum atomic E-state index is 14.0. The van der Waals surface area contributed by atoms with E-state index in [1.807, 2.05) is 19.1 Å². The molecule has 2 rings (SSSR count). The summed E-state index contributed by atoms with van der Waals surface area (Å²) in [4.78, 5) is 2.60. The molecule has 1 fully saturated rings. The summed E-state index contributed by atoms with van der Waals surface area (Å²) >= 11 is 0. The first-order valence-electron chi connectivity index (χ1n) is 7.44. The fraction of sp³-hybridized carbons (Fsp3) is 0.625. The quantitative estimate of drug-likeness (QED) is 0.754. The molecule has 1 nitrogen and oxygen atoms in total. The first-order valence-corrected chi connectivity index (χ1v) is 10.9. The van der Waals surface area contributed by atoms with Crippen LogP contribution in [0.25, 0.3) is 0 Å². The van der Waals surface area contributed by atoms with E-state index in [1.165, 1.54) is 38.5 Å². The molecule has 1 aliphatic rings. The molecule has 1 heterocycles. The molecular formula is C16H26FNSi. The highest BCUT2D eigenvalue weighted by molar-refractivity contribution is 6.77. The summed E-state index contributed by atoms with van der Waals surface area (Å²) < 4.78 is 14.0. The van der Waals surface area contributed by atoms with Crippen molar-refractivity contribution in [3.63, 3.8) is 0 Å². The van der Waals surface area contributed by atoms with Gasteiger partial charge in [-0.3, -0.25) is 0 Å². The van der Waals surface area contributed by atoms with Gasteiger partial charge in [0.15, 0.2) is 0 Å². The molecule has 1 aromatic rings. The number of nitrogens with zero attached hydrogens (tertiary/aromatic N) is 1. The van der Waals surface area contributed by atoms with Gasteiger partial charge in [0, 0.05) is 0 Å². The number of aryl methyl sites for hydroxylation is 1. The molecule has 1 saturated heterocycles. The first kappa shape index (κ1) is 14.7. The third kappa shape index (κ3) is 4.43. The average molecular weight is 279 g/mol. The van der Waals surface area contributed by atoms with Gasteiger partial charge in [-0.25, -0.2) is 4.39 Å². The van der Waals surface area contributed by atoms with Crippen LogP contribution in [0.1, 0.15) is 30.4 Å². The van der Waals surface area contributed by atoms with E-state index in [0.717, 1.165) is 17.2 Å². The Bertz CT molecular complexity index is 425. The number of likely N-dealkylation sites (tertiary alicyclic amines) is 1. The van der Waals surface area contributed by atoms with Crippen LogP contribution >= 0.6 is 0 Å². The van der Waals surface area contributed by atoms with Crippen LogP contribution in [0, 0.1) is 12.7 Å². The smallest absolute Gasteiger partial charge is 0.126 e. The van der Waals surface area contributed by atoms with Gasteiger partial charge in [-0.2, -0.15) is 0 Å². The summed E-state index contributed by atoms with van der Waals surface area (Å²) in [6, 6.07) is 6.63. The van der Waals surface area contributed by atoms with Gasteiger partial charge >= 0.3 is 0 Å². The summed E-state index contributed by atoms with van der Waals surface area (Å²) in [6.07, 6.45) is 5.26. The monoisotopic (exact) mass is 279 g/mol. The van der Waals surface area contributed by atoms with E-state index in [0.29, 0.717) is 0 Å². The predicted molar refractivity (Wildman–Crippen MR) is 82.6 cm³/mol. The van der Waals surface area contributed by atoms with E-state index in [-0.39, 0.29) is 5.82 Å². The number of rotatable bonds is 4. The molecule has 0 spiro atoms. The summed E-state index contributed by atoms with van der Waals surface area (Å²) in [5.41, 5.74) is 1.93. The zero-order chi connectivity index (χ0) is 13.9. The standard InChI is InChI=1S/C16H26FNSi/c1-14-7-8-15(16(17)11-14)12-19(2,3)13-18-9-5-4-6-10-18/h7-8,11H,4-6,9-10,12-13H2,1-3H3. The van der Waals surface area contributed by atoms with Crippen molar-refractivity contribution in [1.29, 1.82) is 0 Å². The van der Waals surface area contributed by atoms with E-state index in [9.17, 15) is 4.39 Å². The fourth-order valence-corrected chi connectivity index (χ4v) is 6.05. The maximum Gasteiger partial charge on any atom is 0.126 e. The van der Waals surface area contributed by atoms with Gasteiger partial charge < -0.3 is 4.90 Å². The number of piperidine rings is 1. The normalized spacial score (nSPS) is 17.7. The Morgan fingerprint density at radius 3 is 2.47 bits per heavy atom. The maximum absolute atomic E-state index is 14.0. The molecule has 0 atom stereocenters. The number of hydrogen-bond acceptors (Lipinski definition) is 1. The average Bonchev–Trinajstić information content (AvgIpc) is 2.33. The van der Waals surface area contributed by atoms with Gasteiger partial charge in [0.25, 0.3) is 0 Å². The highest BCUT2D eigenvalue weighted by Crippen LogP contribution is 2.19. The molecule has 1 aromatic carbocycles. The molecule has 106 valence electrons. The Labute approximate surface area is 117 Å². The van der Waals surface area contributed by atoms with Crippen molar-refractivity contribution in [2.45, 2.75) is 45.3 Å². The van der Waals surface area contributed by atoms with Crippen molar-refractivity contribution >= 4 is 8.07 Å². The van der Waals surface area contributed by atoms with E-state index in [4.69, 9.17) is 0 Å². The van der Waals surface area contributed by atoms with Crippen molar-refractivity contribution in [2.75, 3.05) is 19.3 Å². The topological polar surface area (TPSA) is 3.24 Å². The highest BCUT2D eigenvalue weighted by atomic mass is 28.3. The third-order valence-corrected chi connectivity index (χ3v) is 6.62. The van der Waals surface area contributed by atoms with Crippen LogP contribution in [-0.2, 0) is 6.04 Å². The molecule has 0 amide bonds. The van der Waals surface area contributed by atoms with Gasteiger partial charge in [0.05, 0.1) is 8.07 Å². The molecule has 0 unspecified atom stereocenters. The Morgan fingerprint density at radius 1 is 1.16 bits per heavy atom. The molecule has 19 heavy (non-hydrogen) atoms. The van der Waals surface area contributed by atoms with Gasteiger partial charge in [0.2, 0.25) is 0 Å². The van der Waals surface area contributed by atoms with Gasteiger partial charge in [0.1, 0.15) is 5.82 Å². The second-order valence-electron chi connectivity index (χ2n) is 6.77. The Morgan fingerprint density at radius 2 is 1.84 bits per heavy atom. The van der Waals surface area contributed by atoms with Crippen LogP contribution in [-0.4, -0.2) is 32.2 Å². The largest absolute Gasteiger partial charge is 0.306 e. The first-order chi connectivity index (χ1) is 8.96. The van der Waals surface area contributed by atoms with E-state index in [1.54, 1.807) is 6.07 Å². The highest BCUT2D eigenvalue weighted by Gasteiger charge is 2.26. The molecular weight excluding hydrogens is 253 g/mol. The molecule has 0 saturated carbocycles. The van der Waals surface area contributed by atoms with Crippen LogP contribution in [0.5, 0.6) is 0 Å².